The number of carbonyl (C=O) groups excluding carboxylic acids is 1. The lowest BCUT2D eigenvalue weighted by Crippen LogP contribution is -2.40. The van der Waals surface area contributed by atoms with Crippen LogP contribution in [0.1, 0.15) is 37.3 Å². The first kappa shape index (κ1) is 13.6. The minimum absolute atomic E-state index is 0.207. The number of hydrogen-bond acceptors (Lipinski definition) is 2. The Kier molecular flexibility index (Phi) is 3.79. The van der Waals surface area contributed by atoms with Gasteiger partial charge in [0.25, 0.3) is 0 Å². The van der Waals surface area contributed by atoms with E-state index in [-0.39, 0.29) is 5.92 Å². The van der Waals surface area contributed by atoms with Crippen LogP contribution in [0.2, 0.25) is 0 Å². The van der Waals surface area contributed by atoms with Gasteiger partial charge in [-0.25, -0.2) is 0 Å². The van der Waals surface area contributed by atoms with E-state index in [1.54, 1.807) is 0 Å². The van der Waals surface area contributed by atoms with Gasteiger partial charge in [-0.2, -0.15) is 0 Å². The smallest absolute Gasteiger partial charge is 0.227 e. The highest BCUT2D eigenvalue weighted by Crippen LogP contribution is 2.34. The van der Waals surface area contributed by atoms with E-state index in [0.29, 0.717) is 18.0 Å². The lowest BCUT2D eigenvalue weighted by Gasteiger charge is -2.28. The van der Waals surface area contributed by atoms with Crippen LogP contribution < -0.4 is 5.32 Å². The quantitative estimate of drug-likeness (QED) is 0.913. The molecular formula is C17H24N2O. The molecule has 2 saturated heterocycles. The summed E-state index contributed by atoms with van der Waals surface area (Å²) in [5.41, 5.74) is 2.49. The van der Waals surface area contributed by atoms with E-state index in [4.69, 9.17) is 0 Å². The molecule has 3 heteroatoms. The Morgan fingerprint density at radius 3 is 2.85 bits per heavy atom. The number of amides is 1. The molecule has 1 amide bonds. The van der Waals surface area contributed by atoms with Crippen LogP contribution in [-0.4, -0.2) is 29.4 Å². The van der Waals surface area contributed by atoms with Crippen molar-refractivity contribution in [1.29, 1.82) is 0 Å². The number of fused-ring (bicyclic) bond motifs is 2. The molecule has 20 heavy (non-hydrogen) atoms. The molecule has 2 fully saturated rings. The van der Waals surface area contributed by atoms with E-state index in [9.17, 15) is 4.79 Å². The first-order chi connectivity index (χ1) is 9.67. The maximum absolute atomic E-state index is 12.7. The van der Waals surface area contributed by atoms with Crippen LogP contribution in [0.4, 0.5) is 0 Å². The Balaban J connectivity index is 1.68. The highest BCUT2D eigenvalue weighted by Gasteiger charge is 2.43. The van der Waals surface area contributed by atoms with E-state index < -0.39 is 0 Å². The average molecular weight is 272 g/mol. The van der Waals surface area contributed by atoms with Gasteiger partial charge in [-0.3, -0.25) is 4.79 Å². The molecule has 3 rings (SSSR count). The fourth-order valence-corrected chi connectivity index (χ4v) is 3.71. The van der Waals surface area contributed by atoms with Crippen molar-refractivity contribution >= 4 is 5.91 Å². The summed E-state index contributed by atoms with van der Waals surface area (Å²) in [4.78, 5) is 14.8. The van der Waals surface area contributed by atoms with E-state index >= 15 is 0 Å². The molecule has 3 atom stereocenters. The maximum atomic E-state index is 12.7. The van der Waals surface area contributed by atoms with E-state index in [0.717, 1.165) is 19.5 Å². The third kappa shape index (κ3) is 2.59. The van der Waals surface area contributed by atoms with Crippen LogP contribution in [0.15, 0.2) is 24.3 Å². The summed E-state index contributed by atoms with van der Waals surface area (Å²) in [5.74, 6) is 0.548. The lowest BCUT2D eigenvalue weighted by atomic mass is 9.88. The predicted molar refractivity (Wildman–Crippen MR) is 80.3 cm³/mol. The van der Waals surface area contributed by atoms with E-state index in [1.807, 2.05) is 4.90 Å². The fourth-order valence-electron chi connectivity index (χ4n) is 3.71. The number of aryl methyl sites for hydroxylation is 1. The Morgan fingerprint density at radius 2 is 2.25 bits per heavy atom. The first-order valence-electron chi connectivity index (χ1n) is 7.77. The normalized spacial score (nSPS) is 27.8. The van der Waals surface area contributed by atoms with Gasteiger partial charge >= 0.3 is 0 Å². The zero-order chi connectivity index (χ0) is 14.1. The van der Waals surface area contributed by atoms with E-state index in [1.165, 1.54) is 24.0 Å². The molecule has 0 saturated carbocycles. The minimum Gasteiger partial charge on any atom is -0.338 e. The zero-order valence-electron chi connectivity index (χ0n) is 12.4. The third-order valence-electron chi connectivity index (χ3n) is 4.77. The van der Waals surface area contributed by atoms with Crippen molar-refractivity contribution in [3.05, 3.63) is 35.4 Å². The Morgan fingerprint density at radius 1 is 1.40 bits per heavy atom. The van der Waals surface area contributed by atoms with Gasteiger partial charge in [0.15, 0.2) is 0 Å². The molecule has 2 heterocycles. The molecule has 1 N–H and O–H groups in total. The van der Waals surface area contributed by atoms with Crippen molar-refractivity contribution in [2.45, 2.75) is 51.7 Å². The minimum atomic E-state index is 0.207. The Hall–Kier alpha value is -1.35. The number of nitrogens with zero attached hydrogens (tertiary/aromatic N) is 1. The number of benzene rings is 1. The lowest BCUT2D eigenvalue weighted by molar-refractivity contribution is -0.136. The standard InChI is InChI=1S/C17H24N2O/c1-3-19(11-13-6-4-5-12(2)9-13)17(20)15-10-14-7-8-16(15)18-14/h4-6,9,14-16,18H,3,7-8,10-11H2,1-2H3. The summed E-state index contributed by atoms with van der Waals surface area (Å²) in [5, 5.41) is 3.56. The van der Waals surface area contributed by atoms with Crippen molar-refractivity contribution in [1.82, 2.24) is 10.2 Å². The van der Waals surface area contributed by atoms with Gasteiger partial charge in [0.2, 0.25) is 5.91 Å². The average Bonchev–Trinajstić information content (AvgIpc) is 3.06. The largest absolute Gasteiger partial charge is 0.338 e. The van der Waals surface area contributed by atoms with Gasteiger partial charge in [-0.05, 0) is 38.7 Å². The highest BCUT2D eigenvalue weighted by atomic mass is 16.2. The van der Waals surface area contributed by atoms with Crippen LogP contribution in [-0.2, 0) is 11.3 Å². The second kappa shape index (κ2) is 5.57. The highest BCUT2D eigenvalue weighted by molar-refractivity contribution is 5.80. The van der Waals surface area contributed by atoms with Crippen molar-refractivity contribution in [3.63, 3.8) is 0 Å². The number of hydrogen-bond donors (Lipinski definition) is 1. The van der Waals surface area contributed by atoms with Crippen LogP contribution in [0.3, 0.4) is 0 Å². The molecule has 0 aromatic heterocycles. The molecule has 2 bridgehead atoms. The van der Waals surface area contributed by atoms with Gasteiger partial charge in [-0.1, -0.05) is 29.8 Å². The zero-order valence-corrected chi connectivity index (χ0v) is 12.4. The van der Waals surface area contributed by atoms with Crippen molar-refractivity contribution in [2.75, 3.05) is 6.54 Å². The molecule has 0 spiro atoms. The summed E-state index contributed by atoms with van der Waals surface area (Å²) in [7, 11) is 0. The van der Waals surface area contributed by atoms with Crippen LogP contribution >= 0.6 is 0 Å². The van der Waals surface area contributed by atoms with Gasteiger partial charge in [0.05, 0.1) is 5.92 Å². The van der Waals surface area contributed by atoms with Crippen LogP contribution in [0, 0.1) is 12.8 Å². The second-order valence-corrected chi connectivity index (χ2v) is 6.23. The maximum Gasteiger partial charge on any atom is 0.227 e. The molecule has 1 aromatic rings. The SMILES string of the molecule is CCN(Cc1cccc(C)c1)C(=O)C1CC2CCC1N2. The topological polar surface area (TPSA) is 32.3 Å². The molecule has 2 aliphatic heterocycles. The monoisotopic (exact) mass is 272 g/mol. The molecule has 1 aromatic carbocycles. The van der Waals surface area contributed by atoms with Gasteiger partial charge in [-0.15, -0.1) is 0 Å². The summed E-state index contributed by atoms with van der Waals surface area (Å²) >= 11 is 0. The first-order valence-corrected chi connectivity index (χ1v) is 7.77. The van der Waals surface area contributed by atoms with Gasteiger partial charge < -0.3 is 10.2 Å². The van der Waals surface area contributed by atoms with Crippen molar-refractivity contribution in [3.8, 4) is 0 Å². The predicted octanol–water partition coefficient (Wildman–Crippen LogP) is 2.48. The number of carbonyl (C=O) groups is 1. The summed E-state index contributed by atoms with van der Waals surface area (Å²) < 4.78 is 0. The molecule has 3 unspecified atom stereocenters. The molecule has 0 aliphatic carbocycles. The second-order valence-electron chi connectivity index (χ2n) is 6.23. The summed E-state index contributed by atoms with van der Waals surface area (Å²) in [6.07, 6.45) is 3.45. The molecule has 108 valence electrons. The Labute approximate surface area is 121 Å². The Bertz CT molecular complexity index is 500. The summed E-state index contributed by atoms with van der Waals surface area (Å²) in [6, 6.07) is 9.48. The van der Waals surface area contributed by atoms with E-state index in [2.05, 4.69) is 43.4 Å². The van der Waals surface area contributed by atoms with Gasteiger partial charge in [0, 0.05) is 25.2 Å². The molecule has 3 nitrogen and oxygen atoms in total. The fraction of sp³-hybridized carbons (Fsp3) is 0.588. The van der Waals surface area contributed by atoms with Crippen LogP contribution in [0.5, 0.6) is 0 Å². The number of nitrogens with one attached hydrogen (secondary N) is 1. The molecular weight excluding hydrogens is 248 g/mol. The van der Waals surface area contributed by atoms with Crippen LogP contribution in [0.25, 0.3) is 0 Å². The molecule has 0 radical (unpaired) electrons. The molecule has 2 aliphatic rings. The number of rotatable bonds is 4. The third-order valence-corrected chi connectivity index (χ3v) is 4.77. The summed E-state index contributed by atoms with van der Waals surface area (Å²) in [6.45, 7) is 5.71. The van der Waals surface area contributed by atoms with Gasteiger partial charge in [0.1, 0.15) is 0 Å². The van der Waals surface area contributed by atoms with Crippen molar-refractivity contribution < 1.29 is 4.79 Å². The van der Waals surface area contributed by atoms with Crippen molar-refractivity contribution in [2.24, 2.45) is 5.92 Å².